The normalized spacial score (nSPS) is 28.8. The van der Waals surface area contributed by atoms with Crippen LogP contribution >= 0.6 is 12.6 Å². The van der Waals surface area contributed by atoms with Crippen LogP contribution in [0.25, 0.3) is 0 Å². The topological polar surface area (TPSA) is 40.5 Å². The number of hydrogen-bond donors (Lipinski definition) is 2. The van der Waals surface area contributed by atoms with Crippen molar-refractivity contribution in [1.29, 1.82) is 0 Å². The van der Waals surface area contributed by atoms with Gasteiger partial charge in [0.05, 0.1) is 0 Å². The Kier molecular flexibility index (Phi) is 4.99. The van der Waals surface area contributed by atoms with Crippen molar-refractivity contribution in [3.05, 3.63) is 65.7 Å². The fraction of sp³-hybridized carbons (Fsp3) is 0.409. The first-order valence-electron chi connectivity index (χ1n) is 9.42. The van der Waals surface area contributed by atoms with Gasteiger partial charge in [0.25, 0.3) is 0 Å². The van der Waals surface area contributed by atoms with E-state index in [0.29, 0.717) is 37.9 Å². The van der Waals surface area contributed by atoms with Crippen LogP contribution in [-0.2, 0) is 6.42 Å². The summed E-state index contributed by atoms with van der Waals surface area (Å²) in [6.45, 7) is 1.42. The molecule has 0 aromatic heterocycles. The fourth-order valence-corrected chi connectivity index (χ4v) is 5.04. The first-order chi connectivity index (χ1) is 12.9. The maximum Gasteiger partial charge on any atom is 0.189 e. The maximum atomic E-state index is 15.4. The van der Waals surface area contributed by atoms with Crippen molar-refractivity contribution in [1.82, 2.24) is 4.90 Å². The highest BCUT2D eigenvalue weighted by Gasteiger charge is 2.50. The average Bonchev–Trinajstić information content (AvgIpc) is 3.16. The first kappa shape index (κ1) is 18.5. The number of carbonyl (C=O) groups excluding carboxylic acids is 1. The number of benzene rings is 2. The van der Waals surface area contributed by atoms with Crippen LogP contribution in [0.3, 0.4) is 0 Å². The molecule has 2 aromatic rings. The zero-order chi connectivity index (χ0) is 19.0. The van der Waals surface area contributed by atoms with Gasteiger partial charge in [0.15, 0.2) is 5.78 Å². The quantitative estimate of drug-likeness (QED) is 0.601. The number of nitrogens with zero attached hydrogens (tertiary/aromatic N) is 1. The van der Waals surface area contributed by atoms with Crippen molar-refractivity contribution in [3.63, 3.8) is 0 Å². The Morgan fingerprint density at radius 1 is 1.11 bits per heavy atom. The Hall–Kier alpha value is -1.85. The van der Waals surface area contributed by atoms with Gasteiger partial charge in [-0.2, -0.15) is 12.6 Å². The summed E-state index contributed by atoms with van der Waals surface area (Å²) < 4.78 is 15.4. The molecule has 0 spiro atoms. The standard InChI is InChI=1S/C22H24FNO2S/c23-22(10-15-4-2-1-3-5-15)11-17-13-24(14-18(17)12-22)21(27)20(26)16-6-8-19(25)9-7-16/h1-9,17-18,21,25,27H,10-14H2/t17-,18+,21-,22+/m0/s1. The van der Waals surface area contributed by atoms with Crippen LogP contribution < -0.4 is 0 Å². The number of thiol groups is 1. The largest absolute Gasteiger partial charge is 0.508 e. The number of fused-ring (bicyclic) bond motifs is 1. The van der Waals surface area contributed by atoms with Gasteiger partial charge in [-0.25, -0.2) is 4.39 Å². The molecule has 1 aliphatic heterocycles. The molecule has 3 nitrogen and oxygen atoms in total. The van der Waals surface area contributed by atoms with Crippen molar-refractivity contribution >= 4 is 18.4 Å². The van der Waals surface area contributed by atoms with E-state index in [1.807, 2.05) is 30.3 Å². The summed E-state index contributed by atoms with van der Waals surface area (Å²) in [7, 11) is 0. The lowest BCUT2D eigenvalue weighted by Crippen LogP contribution is -2.37. The highest BCUT2D eigenvalue weighted by molar-refractivity contribution is 7.81. The zero-order valence-corrected chi connectivity index (χ0v) is 16.0. The smallest absolute Gasteiger partial charge is 0.189 e. The average molecular weight is 386 g/mol. The number of hydrogen-bond acceptors (Lipinski definition) is 4. The maximum absolute atomic E-state index is 15.4. The van der Waals surface area contributed by atoms with Crippen LogP contribution in [0.4, 0.5) is 4.39 Å². The lowest BCUT2D eigenvalue weighted by Gasteiger charge is -2.26. The van der Waals surface area contributed by atoms with E-state index < -0.39 is 11.0 Å². The molecule has 0 bridgehead atoms. The number of rotatable bonds is 5. The van der Waals surface area contributed by atoms with Crippen LogP contribution in [0.15, 0.2) is 54.6 Å². The van der Waals surface area contributed by atoms with Gasteiger partial charge in [-0.1, -0.05) is 30.3 Å². The number of likely N-dealkylation sites (tertiary alicyclic amines) is 1. The third-order valence-corrected chi connectivity index (χ3v) is 6.52. The number of phenolic OH excluding ortho intramolecular Hbond substituents is 1. The van der Waals surface area contributed by atoms with Crippen molar-refractivity contribution in [2.75, 3.05) is 13.1 Å². The number of Topliss-reactive ketones (excluding diaryl/α,β-unsaturated/α-hetero) is 1. The second kappa shape index (κ2) is 7.28. The Morgan fingerprint density at radius 2 is 1.70 bits per heavy atom. The molecule has 1 aliphatic carbocycles. The van der Waals surface area contributed by atoms with Gasteiger partial charge >= 0.3 is 0 Å². The van der Waals surface area contributed by atoms with E-state index in [1.165, 1.54) is 12.1 Å². The second-order valence-electron chi connectivity index (χ2n) is 7.98. The Morgan fingerprint density at radius 3 is 2.30 bits per heavy atom. The minimum Gasteiger partial charge on any atom is -0.508 e. The lowest BCUT2D eigenvalue weighted by atomic mass is 9.93. The molecule has 142 valence electrons. The van der Waals surface area contributed by atoms with E-state index >= 15 is 4.39 Å². The third-order valence-electron chi connectivity index (χ3n) is 5.96. The molecule has 4 atom stereocenters. The number of carbonyl (C=O) groups is 1. The van der Waals surface area contributed by atoms with Crippen LogP contribution in [0, 0.1) is 11.8 Å². The molecular weight excluding hydrogens is 361 g/mol. The molecule has 5 heteroatoms. The number of halogens is 1. The van der Waals surface area contributed by atoms with E-state index in [2.05, 4.69) is 17.5 Å². The van der Waals surface area contributed by atoms with E-state index in [4.69, 9.17) is 0 Å². The highest BCUT2D eigenvalue weighted by atomic mass is 32.1. The highest BCUT2D eigenvalue weighted by Crippen LogP contribution is 2.48. The van der Waals surface area contributed by atoms with Crippen molar-refractivity contribution in [3.8, 4) is 5.75 Å². The lowest BCUT2D eigenvalue weighted by molar-refractivity contribution is 0.0905. The van der Waals surface area contributed by atoms with E-state index in [0.717, 1.165) is 5.56 Å². The molecule has 0 amide bonds. The number of aromatic hydroxyl groups is 1. The summed E-state index contributed by atoms with van der Waals surface area (Å²) in [6.07, 6.45) is 1.57. The van der Waals surface area contributed by atoms with Crippen LogP contribution in [0.2, 0.25) is 0 Å². The molecule has 1 saturated heterocycles. The Bertz CT molecular complexity index is 797. The van der Waals surface area contributed by atoms with Gasteiger partial charge in [0, 0.05) is 25.1 Å². The minimum atomic E-state index is -1.14. The molecule has 0 radical (unpaired) electrons. The number of alkyl halides is 1. The van der Waals surface area contributed by atoms with Crippen molar-refractivity contribution in [2.24, 2.45) is 11.8 Å². The first-order valence-corrected chi connectivity index (χ1v) is 9.93. The van der Waals surface area contributed by atoms with Crippen LogP contribution in [0.5, 0.6) is 5.75 Å². The molecule has 2 fully saturated rings. The molecule has 2 aliphatic rings. The van der Waals surface area contributed by atoms with Crippen molar-refractivity contribution in [2.45, 2.75) is 30.3 Å². The van der Waals surface area contributed by atoms with Gasteiger partial charge in [-0.15, -0.1) is 0 Å². The van der Waals surface area contributed by atoms with E-state index in [1.54, 1.807) is 12.1 Å². The summed E-state index contributed by atoms with van der Waals surface area (Å²) in [5.41, 5.74) is 0.440. The Labute approximate surface area is 164 Å². The van der Waals surface area contributed by atoms with Gasteiger partial charge in [-0.3, -0.25) is 9.69 Å². The van der Waals surface area contributed by atoms with Crippen LogP contribution in [0.1, 0.15) is 28.8 Å². The summed E-state index contributed by atoms with van der Waals surface area (Å²) in [4.78, 5) is 14.7. The molecule has 1 N–H and O–H groups in total. The van der Waals surface area contributed by atoms with Gasteiger partial charge in [0.1, 0.15) is 16.8 Å². The number of phenols is 1. The fourth-order valence-electron chi connectivity index (χ4n) is 4.71. The molecule has 1 saturated carbocycles. The number of ketones is 1. The van der Waals surface area contributed by atoms with E-state index in [9.17, 15) is 9.90 Å². The van der Waals surface area contributed by atoms with Crippen molar-refractivity contribution < 1.29 is 14.3 Å². The predicted octanol–water partition coefficient (Wildman–Crippen LogP) is 4.12. The second-order valence-corrected chi connectivity index (χ2v) is 8.47. The summed E-state index contributed by atoms with van der Waals surface area (Å²) in [5.74, 6) is 0.617. The molecular formula is C22H24FNO2S. The molecule has 2 aromatic carbocycles. The van der Waals surface area contributed by atoms with Gasteiger partial charge < -0.3 is 5.11 Å². The van der Waals surface area contributed by atoms with Gasteiger partial charge in [0.2, 0.25) is 0 Å². The van der Waals surface area contributed by atoms with Gasteiger partial charge in [-0.05, 0) is 54.5 Å². The molecule has 27 heavy (non-hydrogen) atoms. The SMILES string of the molecule is O=C(c1ccc(O)cc1)[C@H](S)N1C[C@@H]2C[C@](F)(Cc3ccccc3)C[C@@H]2C1. The predicted molar refractivity (Wildman–Crippen MR) is 107 cm³/mol. The Balaban J connectivity index is 1.38. The third kappa shape index (κ3) is 3.90. The molecule has 1 heterocycles. The zero-order valence-electron chi connectivity index (χ0n) is 15.1. The summed E-state index contributed by atoms with van der Waals surface area (Å²) in [6, 6.07) is 16.1. The molecule has 4 rings (SSSR count). The minimum absolute atomic E-state index is 0.0749. The monoisotopic (exact) mass is 385 g/mol. The van der Waals surface area contributed by atoms with Crippen LogP contribution in [-0.4, -0.2) is 39.9 Å². The summed E-state index contributed by atoms with van der Waals surface area (Å²) >= 11 is 4.55. The molecule has 0 unspecified atom stereocenters. The van der Waals surface area contributed by atoms with E-state index in [-0.39, 0.29) is 23.4 Å². The summed E-state index contributed by atoms with van der Waals surface area (Å²) in [5, 5.41) is 8.85.